The molecule has 7 rings (SSSR count). The highest BCUT2D eigenvalue weighted by molar-refractivity contribution is 6.26. The van der Waals surface area contributed by atoms with Gasteiger partial charge in [0.05, 0.1) is 32.9 Å². The average Bonchev–Trinajstić information content (AvgIpc) is 3.19. The van der Waals surface area contributed by atoms with Crippen molar-refractivity contribution in [1.29, 1.82) is 0 Å². The highest BCUT2D eigenvalue weighted by atomic mass is 19.4. The zero-order valence-corrected chi connectivity index (χ0v) is 19.1. The quantitative estimate of drug-likeness (QED) is 0.133. The number of nitrogens with zero attached hydrogens (tertiary/aromatic N) is 2. The van der Waals surface area contributed by atoms with Gasteiger partial charge in [0.15, 0.2) is 6.20 Å². The monoisotopic (exact) mass is 465 g/mol. The third-order valence-electron chi connectivity index (χ3n) is 7.26. The maximum Gasteiger partial charge on any atom is 0.416 e. The van der Waals surface area contributed by atoms with Crippen LogP contribution in [0.2, 0.25) is 0 Å². The fourth-order valence-corrected chi connectivity index (χ4v) is 5.71. The average molecular weight is 465 g/mol. The van der Waals surface area contributed by atoms with E-state index in [2.05, 4.69) is 47.2 Å². The highest BCUT2D eigenvalue weighted by Gasteiger charge is 2.31. The molecule has 0 amide bonds. The van der Waals surface area contributed by atoms with E-state index >= 15 is 0 Å². The number of hydrogen-bond donors (Lipinski definition) is 0. The number of hydrogen-bond acceptors (Lipinski definition) is 0. The lowest BCUT2D eigenvalue weighted by atomic mass is 9.95. The van der Waals surface area contributed by atoms with Crippen molar-refractivity contribution >= 4 is 49.0 Å². The van der Waals surface area contributed by atoms with Crippen molar-refractivity contribution < 1.29 is 17.7 Å². The molecular formula is C30H20F3N2+. The summed E-state index contributed by atoms with van der Waals surface area (Å²) in [6, 6.07) is 24.4. The molecule has 3 aromatic heterocycles. The van der Waals surface area contributed by atoms with Gasteiger partial charge in [-0.25, -0.2) is 4.57 Å². The third kappa shape index (κ3) is 2.69. The normalized spacial score (nSPS) is 12.7. The molecule has 0 aliphatic rings. The van der Waals surface area contributed by atoms with Crippen LogP contribution < -0.4 is 4.57 Å². The lowest BCUT2D eigenvalue weighted by Crippen LogP contribution is -2.28. The Hall–Kier alpha value is -4.12. The molecule has 0 N–H and O–H groups in total. The van der Waals surface area contributed by atoms with Gasteiger partial charge in [0, 0.05) is 16.8 Å². The molecule has 3 heterocycles. The minimum absolute atomic E-state index is 0.551. The molecule has 0 radical (unpaired) electrons. The molecule has 7 aromatic rings. The van der Waals surface area contributed by atoms with E-state index < -0.39 is 11.7 Å². The van der Waals surface area contributed by atoms with E-state index in [-0.39, 0.29) is 0 Å². The van der Waals surface area contributed by atoms with E-state index in [0.29, 0.717) is 5.56 Å². The smallest absolute Gasteiger partial charge is 0.307 e. The molecule has 170 valence electrons. The first-order chi connectivity index (χ1) is 16.8. The van der Waals surface area contributed by atoms with E-state index in [4.69, 9.17) is 0 Å². The lowest BCUT2D eigenvalue weighted by molar-refractivity contribution is -0.643. The number of benzene rings is 4. The molecule has 0 saturated carbocycles. The van der Waals surface area contributed by atoms with Crippen molar-refractivity contribution in [3.63, 3.8) is 0 Å². The number of para-hydroxylation sites is 1. The van der Waals surface area contributed by atoms with Gasteiger partial charge in [-0.3, -0.25) is 0 Å². The van der Waals surface area contributed by atoms with Crippen LogP contribution >= 0.6 is 0 Å². The minimum atomic E-state index is -4.39. The topological polar surface area (TPSA) is 8.29 Å². The Kier molecular flexibility index (Phi) is 3.89. The molecule has 0 saturated heterocycles. The summed E-state index contributed by atoms with van der Waals surface area (Å²) in [6.07, 6.45) is -2.35. The van der Waals surface area contributed by atoms with Crippen LogP contribution in [0.15, 0.2) is 85.1 Å². The first-order valence-electron chi connectivity index (χ1n) is 11.5. The summed E-state index contributed by atoms with van der Waals surface area (Å²) in [6.45, 7) is 2.14. The van der Waals surface area contributed by atoms with Crippen LogP contribution in [-0.2, 0) is 13.2 Å². The standard InChI is InChI=1S/C30H20F3N2/c1-17-10-11-23-22-8-3-4-9-24(22)35-25-16-20(18-6-5-7-21(15-18)30(31,32)33)14-19-12-13-34(2)29(27(19)25)26(17)28(23)35/h3-16H,1-2H3/q+1. The second-order valence-corrected chi connectivity index (χ2v) is 9.32. The van der Waals surface area contributed by atoms with Crippen molar-refractivity contribution in [2.75, 3.05) is 0 Å². The van der Waals surface area contributed by atoms with E-state index in [9.17, 15) is 13.2 Å². The number of rotatable bonds is 1. The Balaban J connectivity index is 1.73. The molecular weight excluding hydrogens is 445 g/mol. The summed E-state index contributed by atoms with van der Waals surface area (Å²) >= 11 is 0. The van der Waals surface area contributed by atoms with Crippen LogP contribution in [0.4, 0.5) is 13.2 Å². The first-order valence-corrected chi connectivity index (χ1v) is 11.5. The Morgan fingerprint density at radius 3 is 2.40 bits per heavy atom. The zero-order chi connectivity index (χ0) is 24.1. The van der Waals surface area contributed by atoms with Crippen LogP contribution in [0.25, 0.3) is 60.1 Å². The molecule has 0 aliphatic heterocycles. The number of halogens is 3. The van der Waals surface area contributed by atoms with Gasteiger partial charge >= 0.3 is 6.18 Å². The summed E-state index contributed by atoms with van der Waals surface area (Å²) < 4.78 is 44.9. The van der Waals surface area contributed by atoms with E-state index in [1.165, 1.54) is 28.5 Å². The molecule has 0 unspecified atom stereocenters. The van der Waals surface area contributed by atoms with Crippen LogP contribution in [-0.4, -0.2) is 4.40 Å². The Morgan fingerprint density at radius 1 is 0.743 bits per heavy atom. The molecule has 35 heavy (non-hydrogen) atoms. The fourth-order valence-electron chi connectivity index (χ4n) is 5.71. The van der Waals surface area contributed by atoms with Gasteiger partial charge in [-0.15, -0.1) is 0 Å². The minimum Gasteiger partial charge on any atom is -0.307 e. The van der Waals surface area contributed by atoms with Crippen molar-refractivity contribution in [2.45, 2.75) is 13.1 Å². The maximum absolute atomic E-state index is 13.5. The molecule has 0 spiro atoms. The van der Waals surface area contributed by atoms with Gasteiger partial charge in [-0.1, -0.05) is 42.5 Å². The molecule has 0 bridgehead atoms. The van der Waals surface area contributed by atoms with Crippen molar-refractivity contribution in [1.82, 2.24) is 4.40 Å². The Bertz CT molecular complexity index is 1960. The van der Waals surface area contributed by atoms with E-state index in [1.54, 1.807) is 6.07 Å². The molecule has 2 nitrogen and oxygen atoms in total. The highest BCUT2D eigenvalue weighted by Crippen LogP contribution is 2.42. The second-order valence-electron chi connectivity index (χ2n) is 9.32. The van der Waals surface area contributed by atoms with Crippen molar-refractivity contribution in [3.8, 4) is 11.1 Å². The summed E-state index contributed by atoms with van der Waals surface area (Å²) in [5, 5.41) is 5.65. The predicted molar refractivity (Wildman–Crippen MR) is 135 cm³/mol. The largest absolute Gasteiger partial charge is 0.416 e. The Labute approximate surface area is 198 Å². The zero-order valence-electron chi connectivity index (χ0n) is 19.1. The van der Waals surface area contributed by atoms with Crippen LogP contribution in [0.1, 0.15) is 11.1 Å². The molecule has 5 heteroatoms. The van der Waals surface area contributed by atoms with E-state index in [0.717, 1.165) is 49.9 Å². The number of pyridine rings is 2. The predicted octanol–water partition coefficient (Wildman–Crippen LogP) is 7.81. The van der Waals surface area contributed by atoms with Crippen LogP contribution in [0.5, 0.6) is 0 Å². The van der Waals surface area contributed by atoms with Gasteiger partial charge in [0.25, 0.3) is 0 Å². The summed E-state index contributed by atoms with van der Waals surface area (Å²) in [4.78, 5) is 0. The number of aromatic nitrogens is 2. The van der Waals surface area contributed by atoms with E-state index in [1.807, 2.05) is 36.5 Å². The van der Waals surface area contributed by atoms with Crippen LogP contribution in [0.3, 0.4) is 0 Å². The molecule has 0 aliphatic carbocycles. The van der Waals surface area contributed by atoms with Gasteiger partial charge in [0.2, 0.25) is 5.52 Å². The number of fused-ring (bicyclic) bond motifs is 5. The first kappa shape index (κ1) is 20.3. The molecule has 0 fully saturated rings. The van der Waals surface area contributed by atoms with Crippen molar-refractivity contribution in [3.05, 3.63) is 96.2 Å². The molecule has 0 atom stereocenters. The van der Waals surface area contributed by atoms with Gasteiger partial charge in [0.1, 0.15) is 7.05 Å². The van der Waals surface area contributed by atoms with Gasteiger partial charge < -0.3 is 4.40 Å². The van der Waals surface area contributed by atoms with Crippen molar-refractivity contribution in [2.24, 2.45) is 7.05 Å². The van der Waals surface area contributed by atoms with Gasteiger partial charge in [-0.05, 0) is 59.3 Å². The van der Waals surface area contributed by atoms with Gasteiger partial charge in [-0.2, -0.15) is 13.2 Å². The second kappa shape index (κ2) is 6.72. The molecule has 4 aromatic carbocycles. The fraction of sp³-hybridized carbons (Fsp3) is 0.100. The Morgan fingerprint density at radius 2 is 1.57 bits per heavy atom. The maximum atomic E-state index is 13.5. The number of alkyl halides is 3. The number of aryl methyl sites for hydroxylation is 2. The van der Waals surface area contributed by atoms with Crippen LogP contribution in [0, 0.1) is 6.92 Å². The summed E-state index contributed by atoms with van der Waals surface area (Å²) in [7, 11) is 2.05. The third-order valence-corrected chi connectivity index (χ3v) is 7.26. The lowest BCUT2D eigenvalue weighted by Gasteiger charge is -2.15. The summed E-state index contributed by atoms with van der Waals surface area (Å²) in [5.74, 6) is 0. The summed E-state index contributed by atoms with van der Waals surface area (Å²) in [5.41, 5.74) is 6.22. The SMILES string of the molecule is Cc1ccc2c3ccccc3n3c4cc(-c5cccc(C(F)(F)F)c5)cc5cc[n+](C)c(c1c23)c54.